The lowest BCUT2D eigenvalue weighted by molar-refractivity contribution is -0.161. The van der Waals surface area contributed by atoms with Gasteiger partial charge in [-0.15, -0.1) is 0 Å². The normalized spacial score (nSPS) is 11.9. The Kier molecular flexibility index (Phi) is 7.98. The summed E-state index contributed by atoms with van der Waals surface area (Å²) in [7, 11) is 0. The van der Waals surface area contributed by atoms with Crippen LogP contribution in [0.15, 0.2) is 0 Å². The summed E-state index contributed by atoms with van der Waals surface area (Å²) >= 11 is 0. The Morgan fingerprint density at radius 3 is 2.39 bits per heavy atom. The van der Waals surface area contributed by atoms with Crippen molar-refractivity contribution in [3.8, 4) is 0 Å². The first-order valence-electron chi connectivity index (χ1n) is 6.34. The molecule has 1 amide bonds. The number of amides is 1. The van der Waals surface area contributed by atoms with E-state index in [0.29, 0.717) is 25.4 Å². The van der Waals surface area contributed by atoms with Gasteiger partial charge in [0.15, 0.2) is 0 Å². The monoisotopic (exact) mass is 268 g/mol. The smallest absolute Gasteiger partial charge is 0.334 e. The molecule has 0 unspecified atom stereocenters. The average Bonchev–Trinajstić information content (AvgIpc) is 2.21. The molecule has 108 valence electrons. The molecule has 0 saturated carbocycles. The maximum absolute atomic E-state index is 12.3. The van der Waals surface area contributed by atoms with Gasteiger partial charge in [0.2, 0.25) is 5.91 Å². The number of nitrogens with zero attached hydrogens (tertiary/aromatic N) is 1. The van der Waals surface area contributed by atoms with Gasteiger partial charge in [-0.1, -0.05) is 20.8 Å². The lowest BCUT2D eigenvalue weighted by atomic mass is 10.2. The number of halogens is 3. The first-order chi connectivity index (χ1) is 8.26. The van der Waals surface area contributed by atoms with Crippen molar-refractivity contribution in [3.63, 3.8) is 0 Å². The molecule has 0 atom stereocenters. The molecular formula is C12H23F3N2O. The molecular weight excluding hydrogens is 245 g/mol. The van der Waals surface area contributed by atoms with E-state index in [1.165, 1.54) is 0 Å². The van der Waals surface area contributed by atoms with Crippen molar-refractivity contribution in [2.75, 3.05) is 19.6 Å². The van der Waals surface area contributed by atoms with Crippen molar-refractivity contribution >= 4 is 5.91 Å². The maximum Gasteiger partial charge on any atom is 0.406 e. The predicted molar refractivity (Wildman–Crippen MR) is 65.3 cm³/mol. The van der Waals surface area contributed by atoms with Crippen LogP contribution in [0.4, 0.5) is 13.2 Å². The van der Waals surface area contributed by atoms with Gasteiger partial charge in [0.1, 0.15) is 6.54 Å². The Morgan fingerprint density at radius 1 is 1.33 bits per heavy atom. The molecule has 0 aromatic heterocycles. The fourth-order valence-electron chi connectivity index (χ4n) is 1.57. The summed E-state index contributed by atoms with van der Waals surface area (Å²) in [6.07, 6.45) is -3.06. The lowest BCUT2D eigenvalue weighted by Gasteiger charge is -2.23. The van der Waals surface area contributed by atoms with Crippen LogP contribution < -0.4 is 5.32 Å². The Morgan fingerprint density at radius 2 is 1.94 bits per heavy atom. The Balaban J connectivity index is 4.06. The molecule has 0 rings (SSSR count). The Labute approximate surface area is 107 Å². The zero-order chi connectivity index (χ0) is 14.2. The summed E-state index contributed by atoms with van der Waals surface area (Å²) in [5.41, 5.74) is 0. The van der Waals surface area contributed by atoms with Crippen molar-refractivity contribution in [2.45, 2.75) is 52.3 Å². The van der Waals surface area contributed by atoms with Crippen molar-refractivity contribution in [1.29, 1.82) is 0 Å². The molecule has 6 heteroatoms. The van der Waals surface area contributed by atoms with Crippen LogP contribution in [0.25, 0.3) is 0 Å². The highest BCUT2D eigenvalue weighted by Gasteiger charge is 2.32. The van der Waals surface area contributed by atoms with Crippen LogP contribution in [-0.2, 0) is 4.79 Å². The highest BCUT2D eigenvalue weighted by atomic mass is 19.4. The molecule has 0 aliphatic heterocycles. The van der Waals surface area contributed by atoms with Crippen LogP contribution in [0.3, 0.4) is 0 Å². The second kappa shape index (κ2) is 8.34. The van der Waals surface area contributed by atoms with Crippen LogP contribution >= 0.6 is 0 Å². The molecule has 3 nitrogen and oxygen atoms in total. The van der Waals surface area contributed by atoms with Crippen LogP contribution in [0.1, 0.15) is 40.0 Å². The van der Waals surface area contributed by atoms with Crippen molar-refractivity contribution in [1.82, 2.24) is 10.2 Å². The van der Waals surface area contributed by atoms with Crippen molar-refractivity contribution in [2.24, 2.45) is 0 Å². The number of hydrogen-bond donors (Lipinski definition) is 1. The summed E-state index contributed by atoms with van der Waals surface area (Å²) in [5.74, 6) is -0.417. The van der Waals surface area contributed by atoms with Crippen LogP contribution in [0.5, 0.6) is 0 Å². The summed E-state index contributed by atoms with van der Waals surface area (Å²) in [6.45, 7) is 5.39. The van der Waals surface area contributed by atoms with Gasteiger partial charge >= 0.3 is 6.18 Å². The first-order valence-corrected chi connectivity index (χ1v) is 6.34. The van der Waals surface area contributed by atoms with Gasteiger partial charge in [0.05, 0.1) is 0 Å². The number of rotatable bonds is 8. The second-order valence-corrected chi connectivity index (χ2v) is 4.64. The molecule has 0 spiro atoms. The number of alkyl halides is 3. The van der Waals surface area contributed by atoms with E-state index in [4.69, 9.17) is 0 Å². The quantitative estimate of drug-likeness (QED) is 0.686. The van der Waals surface area contributed by atoms with Crippen LogP contribution in [0.2, 0.25) is 0 Å². The molecule has 0 aromatic rings. The van der Waals surface area contributed by atoms with E-state index in [-0.39, 0.29) is 13.0 Å². The number of carbonyl (C=O) groups excluding carboxylic acids is 1. The highest BCUT2D eigenvalue weighted by molar-refractivity contribution is 5.76. The fraction of sp³-hybridized carbons (Fsp3) is 0.917. The second-order valence-electron chi connectivity index (χ2n) is 4.64. The number of hydrogen-bond acceptors (Lipinski definition) is 2. The third-order valence-electron chi connectivity index (χ3n) is 2.34. The van der Waals surface area contributed by atoms with Gasteiger partial charge in [-0.25, -0.2) is 0 Å². The molecule has 0 bridgehead atoms. The molecule has 0 aliphatic carbocycles. The first kappa shape index (κ1) is 17.2. The minimum atomic E-state index is -4.32. The molecule has 0 fully saturated rings. The average molecular weight is 268 g/mol. The van der Waals surface area contributed by atoms with E-state index < -0.39 is 18.6 Å². The van der Waals surface area contributed by atoms with Crippen LogP contribution in [0, 0.1) is 0 Å². The minimum absolute atomic E-state index is 0.162. The number of nitrogens with one attached hydrogen (secondary N) is 1. The van der Waals surface area contributed by atoms with Gasteiger partial charge in [0, 0.05) is 19.0 Å². The molecule has 0 aromatic carbocycles. The zero-order valence-corrected chi connectivity index (χ0v) is 11.3. The standard InChI is InChI=1S/C12H23F3N2O/c1-4-8-17(9-12(13,14)15)11(18)6-5-7-16-10(2)3/h10,16H,4-9H2,1-3H3. The lowest BCUT2D eigenvalue weighted by Crippen LogP contribution is -2.39. The third-order valence-corrected chi connectivity index (χ3v) is 2.34. The molecule has 1 N–H and O–H groups in total. The largest absolute Gasteiger partial charge is 0.406 e. The van der Waals surface area contributed by atoms with Gasteiger partial charge in [-0.3, -0.25) is 4.79 Å². The SMILES string of the molecule is CCCN(CC(F)(F)F)C(=O)CCCNC(C)C. The molecule has 18 heavy (non-hydrogen) atoms. The summed E-state index contributed by atoms with van der Waals surface area (Å²) < 4.78 is 36.8. The van der Waals surface area contributed by atoms with Gasteiger partial charge in [-0.2, -0.15) is 13.2 Å². The van der Waals surface area contributed by atoms with E-state index in [1.54, 1.807) is 6.92 Å². The van der Waals surface area contributed by atoms with Crippen molar-refractivity contribution in [3.05, 3.63) is 0 Å². The fourth-order valence-corrected chi connectivity index (χ4v) is 1.57. The van der Waals surface area contributed by atoms with E-state index in [9.17, 15) is 18.0 Å². The Bertz CT molecular complexity index is 242. The summed E-state index contributed by atoms with van der Waals surface area (Å²) in [4.78, 5) is 12.6. The van der Waals surface area contributed by atoms with E-state index >= 15 is 0 Å². The summed E-state index contributed by atoms with van der Waals surface area (Å²) in [5, 5.41) is 3.13. The van der Waals surface area contributed by atoms with E-state index in [0.717, 1.165) is 4.90 Å². The topological polar surface area (TPSA) is 32.3 Å². The van der Waals surface area contributed by atoms with Crippen molar-refractivity contribution < 1.29 is 18.0 Å². The van der Waals surface area contributed by atoms with Crippen LogP contribution in [-0.4, -0.2) is 42.7 Å². The molecule has 0 aliphatic rings. The molecule has 0 saturated heterocycles. The third kappa shape index (κ3) is 9.27. The Hall–Kier alpha value is -0.780. The number of carbonyl (C=O) groups is 1. The zero-order valence-electron chi connectivity index (χ0n) is 11.3. The molecule has 0 heterocycles. The predicted octanol–water partition coefficient (Wildman–Crippen LogP) is 2.57. The molecule has 0 radical (unpaired) electrons. The minimum Gasteiger partial charge on any atom is -0.334 e. The van der Waals surface area contributed by atoms with Gasteiger partial charge < -0.3 is 10.2 Å². The van der Waals surface area contributed by atoms with E-state index in [2.05, 4.69) is 5.32 Å². The summed E-state index contributed by atoms with van der Waals surface area (Å²) in [6, 6.07) is 0.321. The van der Waals surface area contributed by atoms with Gasteiger partial charge in [0.25, 0.3) is 0 Å². The van der Waals surface area contributed by atoms with Gasteiger partial charge in [-0.05, 0) is 19.4 Å². The van der Waals surface area contributed by atoms with E-state index in [1.807, 2.05) is 13.8 Å². The maximum atomic E-state index is 12.3. The highest BCUT2D eigenvalue weighted by Crippen LogP contribution is 2.17.